The summed E-state index contributed by atoms with van der Waals surface area (Å²) in [7, 11) is 0. The van der Waals surface area contributed by atoms with Crippen molar-refractivity contribution in [1.82, 2.24) is 0 Å². The Balaban J connectivity index is 2.89. The molecule has 0 aliphatic rings. The Bertz CT molecular complexity index is 415. The highest BCUT2D eigenvalue weighted by Crippen LogP contribution is 2.30. The molecule has 100 valence electrons. The van der Waals surface area contributed by atoms with Crippen molar-refractivity contribution in [3.05, 3.63) is 42.1 Å². The standard InChI is InChI=1S/C13H16F3NO/c1-3-10(7-9(2)17)11-5-4-6-12(8-11)18-13(14,15)16/h4-6,8,10H,2-3,7,17H2,1H3. The van der Waals surface area contributed by atoms with Crippen LogP contribution in [0.25, 0.3) is 0 Å². The molecule has 0 fully saturated rings. The van der Waals surface area contributed by atoms with Crippen LogP contribution in [0.2, 0.25) is 0 Å². The van der Waals surface area contributed by atoms with E-state index in [-0.39, 0.29) is 11.7 Å². The number of hydrogen-bond donors (Lipinski definition) is 1. The molecule has 2 N–H and O–H groups in total. The topological polar surface area (TPSA) is 35.2 Å². The third kappa shape index (κ3) is 4.69. The first-order valence-electron chi connectivity index (χ1n) is 5.60. The second-order valence-corrected chi connectivity index (χ2v) is 4.09. The van der Waals surface area contributed by atoms with Crippen molar-refractivity contribution >= 4 is 0 Å². The van der Waals surface area contributed by atoms with Crippen LogP contribution in [0.15, 0.2) is 36.5 Å². The maximum absolute atomic E-state index is 12.1. The van der Waals surface area contributed by atoms with E-state index < -0.39 is 6.36 Å². The molecule has 5 heteroatoms. The van der Waals surface area contributed by atoms with Gasteiger partial charge >= 0.3 is 6.36 Å². The molecule has 0 heterocycles. The van der Waals surface area contributed by atoms with Gasteiger partial charge in [-0.1, -0.05) is 25.6 Å². The van der Waals surface area contributed by atoms with Crippen LogP contribution in [-0.4, -0.2) is 6.36 Å². The van der Waals surface area contributed by atoms with Crippen molar-refractivity contribution in [3.8, 4) is 5.75 Å². The van der Waals surface area contributed by atoms with E-state index in [0.717, 1.165) is 12.0 Å². The number of hydrogen-bond acceptors (Lipinski definition) is 2. The normalized spacial score (nSPS) is 13.1. The molecule has 2 nitrogen and oxygen atoms in total. The summed E-state index contributed by atoms with van der Waals surface area (Å²) in [5.74, 6) is -0.152. The highest BCUT2D eigenvalue weighted by atomic mass is 19.4. The lowest BCUT2D eigenvalue weighted by Gasteiger charge is -2.16. The summed E-state index contributed by atoms with van der Waals surface area (Å²) in [5.41, 5.74) is 6.83. The first-order chi connectivity index (χ1) is 8.31. The number of ether oxygens (including phenoxy) is 1. The molecule has 1 atom stereocenters. The van der Waals surface area contributed by atoms with Crippen LogP contribution in [-0.2, 0) is 0 Å². The summed E-state index contributed by atoms with van der Waals surface area (Å²) in [6.45, 7) is 5.57. The molecule has 0 amide bonds. The first-order valence-corrected chi connectivity index (χ1v) is 5.60. The maximum Gasteiger partial charge on any atom is 0.573 e. The van der Waals surface area contributed by atoms with Gasteiger partial charge in [-0.3, -0.25) is 0 Å². The molecule has 0 bridgehead atoms. The summed E-state index contributed by atoms with van der Waals surface area (Å²) in [5, 5.41) is 0. The second kappa shape index (κ2) is 5.80. The Labute approximate surface area is 104 Å². The van der Waals surface area contributed by atoms with Crippen LogP contribution in [0.4, 0.5) is 13.2 Å². The number of nitrogens with two attached hydrogens (primary N) is 1. The van der Waals surface area contributed by atoms with Gasteiger partial charge in [-0.15, -0.1) is 13.2 Å². The van der Waals surface area contributed by atoms with E-state index in [0.29, 0.717) is 12.1 Å². The van der Waals surface area contributed by atoms with Crippen LogP contribution < -0.4 is 10.5 Å². The van der Waals surface area contributed by atoms with Crippen LogP contribution in [0.5, 0.6) is 5.75 Å². The zero-order chi connectivity index (χ0) is 13.8. The van der Waals surface area contributed by atoms with Crippen molar-refractivity contribution in [2.75, 3.05) is 0 Å². The molecule has 1 unspecified atom stereocenters. The molecule has 0 aliphatic carbocycles. The zero-order valence-electron chi connectivity index (χ0n) is 10.1. The van der Waals surface area contributed by atoms with Gasteiger partial charge in [0, 0.05) is 5.70 Å². The molecule has 0 radical (unpaired) electrons. The molecule has 0 aliphatic heterocycles. The summed E-state index contributed by atoms with van der Waals surface area (Å²) in [6, 6.07) is 5.98. The zero-order valence-corrected chi connectivity index (χ0v) is 10.1. The lowest BCUT2D eigenvalue weighted by Crippen LogP contribution is -2.17. The van der Waals surface area contributed by atoms with E-state index in [9.17, 15) is 13.2 Å². The third-order valence-electron chi connectivity index (χ3n) is 2.56. The van der Waals surface area contributed by atoms with E-state index in [4.69, 9.17) is 5.73 Å². The first kappa shape index (κ1) is 14.4. The van der Waals surface area contributed by atoms with Crippen LogP contribution >= 0.6 is 0 Å². The van der Waals surface area contributed by atoms with Gasteiger partial charge in [0.2, 0.25) is 0 Å². The third-order valence-corrected chi connectivity index (χ3v) is 2.56. The molecule has 1 aromatic carbocycles. The Morgan fingerprint density at radius 1 is 1.44 bits per heavy atom. The van der Waals surface area contributed by atoms with Crippen molar-refractivity contribution < 1.29 is 17.9 Å². The minimum absolute atomic E-state index is 0.0549. The molecule has 1 aromatic rings. The van der Waals surface area contributed by atoms with Gasteiger partial charge in [0.25, 0.3) is 0 Å². The van der Waals surface area contributed by atoms with Crippen molar-refractivity contribution in [2.24, 2.45) is 5.73 Å². The minimum atomic E-state index is -4.67. The van der Waals surface area contributed by atoms with Gasteiger partial charge in [0.15, 0.2) is 0 Å². The van der Waals surface area contributed by atoms with Gasteiger partial charge in [-0.05, 0) is 36.5 Å². The predicted octanol–water partition coefficient (Wildman–Crippen LogP) is 3.94. The fraction of sp³-hybridized carbons (Fsp3) is 0.385. The van der Waals surface area contributed by atoms with Gasteiger partial charge in [-0.25, -0.2) is 0 Å². The fourth-order valence-electron chi connectivity index (χ4n) is 1.78. The average Bonchev–Trinajstić information content (AvgIpc) is 2.23. The van der Waals surface area contributed by atoms with E-state index in [1.54, 1.807) is 12.1 Å². The lowest BCUT2D eigenvalue weighted by atomic mass is 9.92. The van der Waals surface area contributed by atoms with Gasteiger partial charge < -0.3 is 10.5 Å². The van der Waals surface area contributed by atoms with Gasteiger partial charge in [0.05, 0.1) is 0 Å². The summed E-state index contributed by atoms with van der Waals surface area (Å²) in [6.07, 6.45) is -3.35. The molecule has 1 rings (SSSR count). The monoisotopic (exact) mass is 259 g/mol. The van der Waals surface area contributed by atoms with Crippen molar-refractivity contribution in [1.29, 1.82) is 0 Å². The Morgan fingerprint density at radius 2 is 2.11 bits per heavy atom. The average molecular weight is 259 g/mol. The van der Waals surface area contributed by atoms with E-state index in [2.05, 4.69) is 11.3 Å². The SMILES string of the molecule is C=C(N)CC(CC)c1cccc(OC(F)(F)F)c1. The van der Waals surface area contributed by atoms with E-state index >= 15 is 0 Å². The second-order valence-electron chi connectivity index (χ2n) is 4.09. The molecule has 0 aromatic heterocycles. The van der Waals surface area contributed by atoms with Crippen LogP contribution in [0, 0.1) is 0 Å². The molecular formula is C13H16F3NO. The lowest BCUT2D eigenvalue weighted by molar-refractivity contribution is -0.274. The summed E-state index contributed by atoms with van der Waals surface area (Å²) in [4.78, 5) is 0. The van der Waals surface area contributed by atoms with Gasteiger partial charge in [-0.2, -0.15) is 0 Å². The maximum atomic E-state index is 12.1. The van der Waals surface area contributed by atoms with E-state index in [1.807, 2.05) is 6.92 Å². The van der Waals surface area contributed by atoms with E-state index in [1.165, 1.54) is 12.1 Å². The smallest absolute Gasteiger partial charge is 0.406 e. The van der Waals surface area contributed by atoms with Crippen LogP contribution in [0.1, 0.15) is 31.2 Å². The number of rotatable bonds is 5. The molecule has 18 heavy (non-hydrogen) atoms. The van der Waals surface area contributed by atoms with Gasteiger partial charge in [0.1, 0.15) is 5.75 Å². The molecule has 0 saturated heterocycles. The Kier molecular flexibility index (Phi) is 4.64. The Hall–Kier alpha value is -1.65. The number of halogens is 3. The highest BCUT2D eigenvalue weighted by Gasteiger charge is 2.31. The molecular weight excluding hydrogens is 243 g/mol. The quantitative estimate of drug-likeness (QED) is 0.869. The van der Waals surface area contributed by atoms with Crippen LogP contribution in [0.3, 0.4) is 0 Å². The largest absolute Gasteiger partial charge is 0.573 e. The van der Waals surface area contributed by atoms with Crippen molar-refractivity contribution in [3.63, 3.8) is 0 Å². The molecule has 0 saturated carbocycles. The number of allylic oxidation sites excluding steroid dienone is 1. The summed E-state index contributed by atoms with van der Waals surface area (Å²) < 4.78 is 40.2. The van der Waals surface area contributed by atoms with Crippen molar-refractivity contribution in [2.45, 2.75) is 32.0 Å². The fourth-order valence-corrected chi connectivity index (χ4v) is 1.78. The highest BCUT2D eigenvalue weighted by molar-refractivity contribution is 5.31. The Morgan fingerprint density at radius 3 is 2.61 bits per heavy atom. The molecule has 0 spiro atoms. The summed E-state index contributed by atoms with van der Waals surface area (Å²) >= 11 is 0. The minimum Gasteiger partial charge on any atom is -0.406 e. The number of alkyl halides is 3. The number of benzene rings is 1. The predicted molar refractivity (Wildman–Crippen MR) is 64.1 cm³/mol.